The zero-order chi connectivity index (χ0) is 12.9. The van der Waals surface area contributed by atoms with E-state index < -0.39 is 0 Å². The van der Waals surface area contributed by atoms with E-state index in [4.69, 9.17) is 0 Å². The summed E-state index contributed by atoms with van der Waals surface area (Å²) >= 11 is 0. The molecule has 0 aromatic rings. The third-order valence-corrected chi connectivity index (χ3v) is 4.42. The molecule has 1 saturated carbocycles. The Morgan fingerprint density at radius 1 is 1.53 bits per heavy atom. The highest BCUT2D eigenvalue weighted by Gasteiger charge is 2.51. The summed E-state index contributed by atoms with van der Waals surface area (Å²) in [6.45, 7) is 14.7. The van der Waals surface area contributed by atoms with Gasteiger partial charge in [0.1, 0.15) is 0 Å². The van der Waals surface area contributed by atoms with E-state index >= 15 is 0 Å². The smallest absolute Gasteiger partial charge is 0.00272 e. The average molecular weight is 232 g/mol. The fourth-order valence-corrected chi connectivity index (χ4v) is 2.72. The Hall–Kier alpha value is -0.780. The Labute approximate surface area is 108 Å². The van der Waals surface area contributed by atoms with E-state index in [9.17, 15) is 0 Å². The molecule has 1 rings (SSSR count). The van der Waals surface area contributed by atoms with Crippen molar-refractivity contribution in [3.63, 3.8) is 0 Å². The number of rotatable bonds is 8. The van der Waals surface area contributed by atoms with Crippen LogP contribution in [0.15, 0.2) is 37.0 Å². The highest BCUT2D eigenvalue weighted by atomic mass is 14.5. The summed E-state index contributed by atoms with van der Waals surface area (Å²) in [5.41, 5.74) is 1.82. The van der Waals surface area contributed by atoms with Crippen molar-refractivity contribution in [2.45, 2.75) is 52.9 Å². The molecular formula is C17H28. The van der Waals surface area contributed by atoms with E-state index in [-0.39, 0.29) is 0 Å². The lowest BCUT2D eigenvalue weighted by Crippen LogP contribution is -2.01. The minimum absolute atomic E-state index is 0.449. The quantitative estimate of drug-likeness (QED) is 0.381. The molecule has 17 heavy (non-hydrogen) atoms. The molecule has 0 amide bonds. The molecule has 0 nitrogen and oxygen atoms in total. The number of allylic oxidation sites excluding steroid dienone is 4. The molecule has 0 spiro atoms. The lowest BCUT2D eigenvalue weighted by Gasteiger charge is -2.13. The van der Waals surface area contributed by atoms with Crippen LogP contribution in [0, 0.1) is 17.3 Å². The van der Waals surface area contributed by atoms with Gasteiger partial charge in [0.15, 0.2) is 0 Å². The van der Waals surface area contributed by atoms with Crippen molar-refractivity contribution in [1.29, 1.82) is 0 Å². The van der Waals surface area contributed by atoms with Gasteiger partial charge in [-0.05, 0) is 56.3 Å². The molecule has 0 heterocycles. The molecular weight excluding hydrogens is 204 g/mol. The zero-order valence-electron chi connectivity index (χ0n) is 11.8. The zero-order valence-corrected chi connectivity index (χ0v) is 11.8. The standard InChI is InChI=1S/C17H28/c1-6-15(5)11-9-8-10-12-16-13-17(16,7-2)14(3)4/h6,10,12,15-16H,1,3,7-9,11,13H2,2,4-5H3/b12-10-. The molecule has 0 N–H and O–H groups in total. The molecule has 3 atom stereocenters. The summed E-state index contributed by atoms with van der Waals surface area (Å²) in [6, 6.07) is 0. The maximum absolute atomic E-state index is 4.14. The van der Waals surface area contributed by atoms with Gasteiger partial charge in [0, 0.05) is 0 Å². The van der Waals surface area contributed by atoms with Crippen molar-refractivity contribution < 1.29 is 0 Å². The van der Waals surface area contributed by atoms with Crippen LogP contribution >= 0.6 is 0 Å². The van der Waals surface area contributed by atoms with Crippen LogP contribution in [-0.2, 0) is 0 Å². The maximum atomic E-state index is 4.14. The third-order valence-electron chi connectivity index (χ3n) is 4.42. The van der Waals surface area contributed by atoms with Gasteiger partial charge in [-0.15, -0.1) is 6.58 Å². The van der Waals surface area contributed by atoms with Crippen LogP contribution < -0.4 is 0 Å². The molecule has 1 fully saturated rings. The summed E-state index contributed by atoms with van der Waals surface area (Å²) in [6.07, 6.45) is 13.2. The van der Waals surface area contributed by atoms with Crippen molar-refractivity contribution in [3.8, 4) is 0 Å². The molecule has 3 unspecified atom stereocenters. The summed E-state index contributed by atoms with van der Waals surface area (Å²) < 4.78 is 0. The van der Waals surface area contributed by atoms with Gasteiger partial charge < -0.3 is 0 Å². The Balaban J connectivity index is 2.23. The second-order valence-electron chi connectivity index (χ2n) is 5.67. The molecule has 0 radical (unpaired) electrons. The first kappa shape index (κ1) is 14.3. The normalized spacial score (nSPS) is 29.2. The number of unbranched alkanes of at least 4 members (excludes halogenated alkanes) is 1. The van der Waals surface area contributed by atoms with Crippen molar-refractivity contribution in [1.82, 2.24) is 0 Å². The van der Waals surface area contributed by atoms with Crippen LogP contribution in [0.1, 0.15) is 52.9 Å². The Morgan fingerprint density at radius 2 is 2.24 bits per heavy atom. The molecule has 0 aromatic heterocycles. The van der Waals surface area contributed by atoms with E-state index in [2.05, 4.69) is 46.1 Å². The fourth-order valence-electron chi connectivity index (χ4n) is 2.72. The van der Waals surface area contributed by atoms with Gasteiger partial charge in [-0.2, -0.15) is 0 Å². The monoisotopic (exact) mass is 232 g/mol. The maximum Gasteiger partial charge on any atom is -0.00272 e. The van der Waals surface area contributed by atoms with Gasteiger partial charge in [-0.3, -0.25) is 0 Å². The number of hydrogen-bond donors (Lipinski definition) is 0. The number of hydrogen-bond acceptors (Lipinski definition) is 0. The van der Waals surface area contributed by atoms with Gasteiger partial charge >= 0.3 is 0 Å². The molecule has 0 heteroatoms. The predicted molar refractivity (Wildman–Crippen MR) is 78.0 cm³/mol. The molecule has 0 saturated heterocycles. The molecule has 1 aliphatic carbocycles. The lowest BCUT2D eigenvalue weighted by atomic mass is 9.92. The average Bonchev–Trinajstić information content (AvgIpc) is 3.03. The van der Waals surface area contributed by atoms with Crippen molar-refractivity contribution in [3.05, 3.63) is 37.0 Å². The largest absolute Gasteiger partial charge is 0.103 e. The van der Waals surface area contributed by atoms with Gasteiger partial charge in [0.25, 0.3) is 0 Å². The van der Waals surface area contributed by atoms with Gasteiger partial charge in [0.2, 0.25) is 0 Å². The Kier molecular flexibility index (Phi) is 5.24. The van der Waals surface area contributed by atoms with E-state index in [1.54, 1.807) is 0 Å². The summed E-state index contributed by atoms with van der Waals surface area (Å²) in [7, 11) is 0. The SMILES string of the molecule is C=CC(C)CCC/C=C\C1CC1(CC)C(=C)C. The molecule has 0 aliphatic heterocycles. The first-order chi connectivity index (χ1) is 8.06. The van der Waals surface area contributed by atoms with E-state index in [1.165, 1.54) is 37.7 Å². The van der Waals surface area contributed by atoms with Crippen LogP contribution in [0.4, 0.5) is 0 Å². The van der Waals surface area contributed by atoms with E-state index in [0.29, 0.717) is 11.3 Å². The van der Waals surface area contributed by atoms with Crippen LogP contribution in [0.5, 0.6) is 0 Å². The highest BCUT2D eigenvalue weighted by molar-refractivity contribution is 5.25. The summed E-state index contributed by atoms with van der Waals surface area (Å²) in [5, 5.41) is 0. The summed E-state index contributed by atoms with van der Waals surface area (Å²) in [4.78, 5) is 0. The van der Waals surface area contributed by atoms with Crippen molar-refractivity contribution in [2.75, 3.05) is 0 Å². The first-order valence-electron chi connectivity index (χ1n) is 7.02. The summed E-state index contributed by atoms with van der Waals surface area (Å²) in [5.74, 6) is 1.43. The minimum Gasteiger partial charge on any atom is -0.103 e. The topological polar surface area (TPSA) is 0 Å². The minimum atomic E-state index is 0.449. The Bertz CT molecular complexity index is 297. The molecule has 0 bridgehead atoms. The molecule has 96 valence electrons. The van der Waals surface area contributed by atoms with Gasteiger partial charge in [-0.25, -0.2) is 0 Å². The van der Waals surface area contributed by atoms with E-state index in [0.717, 1.165) is 5.92 Å². The Morgan fingerprint density at radius 3 is 2.71 bits per heavy atom. The van der Waals surface area contributed by atoms with Gasteiger partial charge in [-0.1, -0.05) is 44.2 Å². The van der Waals surface area contributed by atoms with Crippen molar-refractivity contribution in [2.24, 2.45) is 17.3 Å². The fraction of sp³-hybridized carbons (Fsp3) is 0.647. The predicted octanol–water partition coefficient (Wildman–Crippen LogP) is 5.53. The van der Waals surface area contributed by atoms with Crippen molar-refractivity contribution >= 4 is 0 Å². The molecule has 0 aromatic carbocycles. The first-order valence-corrected chi connectivity index (χ1v) is 7.02. The van der Waals surface area contributed by atoms with Crippen LogP contribution in [-0.4, -0.2) is 0 Å². The second kappa shape index (κ2) is 6.23. The highest BCUT2D eigenvalue weighted by Crippen LogP contribution is 2.60. The van der Waals surface area contributed by atoms with Crippen LogP contribution in [0.25, 0.3) is 0 Å². The second-order valence-corrected chi connectivity index (χ2v) is 5.67. The van der Waals surface area contributed by atoms with Crippen LogP contribution in [0.3, 0.4) is 0 Å². The third kappa shape index (κ3) is 3.59. The van der Waals surface area contributed by atoms with Gasteiger partial charge in [0.05, 0.1) is 0 Å². The molecule has 1 aliphatic rings. The van der Waals surface area contributed by atoms with E-state index in [1.807, 2.05) is 6.08 Å². The van der Waals surface area contributed by atoms with Crippen LogP contribution in [0.2, 0.25) is 0 Å². The lowest BCUT2D eigenvalue weighted by molar-refractivity contribution is 0.551.